The monoisotopic (exact) mass is 683 g/mol. The van der Waals surface area contributed by atoms with Gasteiger partial charge in [-0.3, -0.25) is 20.2 Å². The zero-order chi connectivity index (χ0) is 31.4. The second-order valence-electron chi connectivity index (χ2n) is 9.17. The van der Waals surface area contributed by atoms with Crippen LogP contribution in [0.2, 0.25) is 10.0 Å². The number of methoxy groups -OCH3 is 1. The molecule has 0 saturated carbocycles. The molecule has 11 nitrogen and oxygen atoms in total. The fraction of sp³-hybridized carbons (Fsp3) is 0.321. The summed E-state index contributed by atoms with van der Waals surface area (Å²) in [7, 11) is 1.54. The van der Waals surface area contributed by atoms with E-state index in [9.17, 15) is 14.4 Å². The van der Waals surface area contributed by atoms with Crippen LogP contribution in [-0.4, -0.2) is 47.1 Å². The standard InChI is InChI=1S/C26H26BrCl2N5O6.C2H6/c1-26(2,3)40-25(37)33-24(30-12-14-9-18(28)22(19(29)10-14)31-20(35)11-27)32-23(36)17-13-39-34-21(17)15-5-7-16(38-4)8-6-15;1-2/h5-10,13H,11-12H2,1-4H3,(H,31,35)(H2,30,32,33,36,37);1-2H3. The van der Waals surface area contributed by atoms with Gasteiger partial charge in [-0.25, -0.2) is 9.79 Å². The Morgan fingerprint density at radius 1 is 1.05 bits per heavy atom. The maximum absolute atomic E-state index is 13.2. The maximum Gasteiger partial charge on any atom is 0.414 e. The first-order valence-corrected chi connectivity index (χ1v) is 14.6. The van der Waals surface area contributed by atoms with Crippen molar-refractivity contribution < 1.29 is 28.4 Å². The van der Waals surface area contributed by atoms with E-state index in [1.165, 1.54) is 6.26 Å². The van der Waals surface area contributed by atoms with E-state index >= 15 is 0 Å². The van der Waals surface area contributed by atoms with Crippen LogP contribution in [0, 0.1) is 0 Å². The van der Waals surface area contributed by atoms with Crippen molar-refractivity contribution in [2.24, 2.45) is 4.99 Å². The lowest BCUT2D eigenvalue weighted by Gasteiger charge is -2.20. The summed E-state index contributed by atoms with van der Waals surface area (Å²) in [6.45, 7) is 9.03. The number of rotatable bonds is 7. The average molecular weight is 685 g/mol. The van der Waals surface area contributed by atoms with Crippen LogP contribution in [0.5, 0.6) is 5.75 Å². The van der Waals surface area contributed by atoms with Crippen LogP contribution >= 0.6 is 39.1 Å². The van der Waals surface area contributed by atoms with Crippen LogP contribution in [0.1, 0.15) is 50.5 Å². The SMILES string of the molecule is CC.COc1ccc(-c2nocc2C(=O)NC(=NCc2cc(Cl)c(NC(=O)CBr)c(Cl)c2)NC(=O)OC(C)(C)C)cc1. The van der Waals surface area contributed by atoms with E-state index in [2.05, 4.69) is 42.0 Å². The normalized spacial score (nSPS) is 11.1. The van der Waals surface area contributed by atoms with E-state index in [0.29, 0.717) is 16.9 Å². The third-order valence-electron chi connectivity index (χ3n) is 4.94. The van der Waals surface area contributed by atoms with E-state index in [1.54, 1.807) is 64.3 Å². The minimum absolute atomic E-state index is 0.0491. The summed E-state index contributed by atoms with van der Waals surface area (Å²) in [5.74, 6) is -0.548. The number of carbonyl (C=O) groups excluding carboxylic acids is 3. The zero-order valence-electron chi connectivity index (χ0n) is 23.9. The molecule has 0 spiro atoms. The Labute approximate surface area is 262 Å². The molecule has 0 saturated heterocycles. The Morgan fingerprint density at radius 2 is 1.67 bits per heavy atom. The largest absolute Gasteiger partial charge is 0.497 e. The van der Waals surface area contributed by atoms with Crippen molar-refractivity contribution in [1.29, 1.82) is 0 Å². The summed E-state index contributed by atoms with van der Waals surface area (Å²) in [6.07, 6.45) is 0.343. The molecule has 2 aromatic carbocycles. The molecule has 0 aliphatic heterocycles. The zero-order valence-corrected chi connectivity index (χ0v) is 27.0. The number of carbonyl (C=O) groups is 3. The van der Waals surface area contributed by atoms with Crippen molar-refractivity contribution in [3.05, 3.63) is 63.8 Å². The molecule has 1 aromatic heterocycles. The number of hydrogen-bond acceptors (Lipinski definition) is 8. The van der Waals surface area contributed by atoms with Gasteiger partial charge in [-0.15, -0.1) is 0 Å². The number of halogens is 3. The third-order valence-corrected chi connectivity index (χ3v) is 6.04. The topological polar surface area (TPSA) is 144 Å². The number of anilines is 1. The molecule has 3 aromatic rings. The molecule has 3 N–H and O–H groups in total. The first kappa shape index (κ1) is 34.6. The summed E-state index contributed by atoms with van der Waals surface area (Å²) >= 11 is 15.7. The van der Waals surface area contributed by atoms with Crippen LogP contribution in [0.25, 0.3) is 11.3 Å². The molecule has 14 heteroatoms. The summed E-state index contributed by atoms with van der Waals surface area (Å²) < 4.78 is 15.5. The number of alkyl halides is 1. The average Bonchev–Trinajstić information content (AvgIpc) is 3.44. The number of guanidine groups is 1. The summed E-state index contributed by atoms with van der Waals surface area (Å²) in [5.41, 5.74) is 0.965. The second kappa shape index (κ2) is 16.1. The fourth-order valence-electron chi connectivity index (χ4n) is 3.22. The Bertz CT molecular complexity index is 1400. The van der Waals surface area contributed by atoms with E-state index in [-0.39, 0.29) is 50.7 Å². The molecule has 0 atom stereocenters. The third kappa shape index (κ3) is 10.3. The van der Waals surface area contributed by atoms with Gasteiger partial charge >= 0.3 is 6.09 Å². The quantitative estimate of drug-likeness (QED) is 0.141. The highest BCUT2D eigenvalue weighted by molar-refractivity contribution is 9.09. The first-order valence-electron chi connectivity index (χ1n) is 12.7. The molecule has 226 valence electrons. The van der Waals surface area contributed by atoms with Crippen molar-refractivity contribution in [3.63, 3.8) is 0 Å². The molecule has 0 aliphatic carbocycles. The maximum atomic E-state index is 13.2. The fourth-order valence-corrected chi connectivity index (χ4v) is 3.99. The van der Waals surface area contributed by atoms with Gasteiger partial charge in [-0.05, 0) is 62.7 Å². The molecule has 0 fully saturated rings. The number of aliphatic imine (C=N–C) groups is 1. The van der Waals surface area contributed by atoms with Crippen molar-refractivity contribution in [3.8, 4) is 17.0 Å². The minimum atomic E-state index is -0.837. The predicted octanol–water partition coefficient (Wildman–Crippen LogP) is 6.83. The van der Waals surface area contributed by atoms with Crippen LogP contribution in [0.15, 0.2) is 52.2 Å². The summed E-state index contributed by atoms with van der Waals surface area (Å²) in [4.78, 5) is 41.7. The number of hydrogen-bond donors (Lipinski definition) is 3. The Hall–Kier alpha value is -3.61. The number of amides is 3. The Morgan fingerprint density at radius 3 is 2.21 bits per heavy atom. The summed E-state index contributed by atoms with van der Waals surface area (Å²) in [5, 5.41) is 12.0. The van der Waals surface area contributed by atoms with Crippen molar-refractivity contribution in [1.82, 2.24) is 15.8 Å². The van der Waals surface area contributed by atoms with Crippen molar-refractivity contribution >= 4 is 68.7 Å². The minimum Gasteiger partial charge on any atom is -0.497 e. The van der Waals surface area contributed by atoms with Gasteiger partial charge in [-0.2, -0.15) is 0 Å². The van der Waals surface area contributed by atoms with Crippen molar-refractivity contribution in [2.45, 2.75) is 46.8 Å². The molecule has 42 heavy (non-hydrogen) atoms. The second-order valence-corrected chi connectivity index (χ2v) is 10.5. The van der Waals surface area contributed by atoms with Crippen LogP contribution in [0.4, 0.5) is 10.5 Å². The molecule has 3 rings (SSSR count). The number of aromatic nitrogens is 1. The lowest BCUT2D eigenvalue weighted by Crippen LogP contribution is -2.45. The lowest BCUT2D eigenvalue weighted by atomic mass is 10.1. The molecular weight excluding hydrogens is 653 g/mol. The van der Waals surface area contributed by atoms with Crippen LogP contribution in [-0.2, 0) is 16.1 Å². The smallest absolute Gasteiger partial charge is 0.414 e. The molecule has 1 heterocycles. The van der Waals surface area contributed by atoms with E-state index < -0.39 is 17.6 Å². The number of nitrogens with zero attached hydrogens (tertiary/aromatic N) is 2. The van der Waals surface area contributed by atoms with Gasteiger partial charge in [0.05, 0.1) is 34.7 Å². The van der Waals surface area contributed by atoms with Gasteiger partial charge < -0.3 is 19.3 Å². The Balaban J connectivity index is 0.00000301. The molecule has 0 radical (unpaired) electrons. The van der Waals surface area contributed by atoms with E-state index in [4.69, 9.17) is 37.2 Å². The van der Waals surface area contributed by atoms with Gasteiger partial charge in [0.1, 0.15) is 28.9 Å². The molecule has 0 aliphatic rings. The first-order chi connectivity index (χ1) is 19.9. The molecular formula is C28H32BrCl2N5O6. The van der Waals surface area contributed by atoms with Gasteiger partial charge in [0.2, 0.25) is 11.9 Å². The van der Waals surface area contributed by atoms with Gasteiger partial charge in [-0.1, -0.05) is 58.1 Å². The highest BCUT2D eigenvalue weighted by Crippen LogP contribution is 2.32. The van der Waals surface area contributed by atoms with E-state index in [1.807, 2.05) is 13.8 Å². The predicted molar refractivity (Wildman–Crippen MR) is 167 cm³/mol. The lowest BCUT2D eigenvalue weighted by molar-refractivity contribution is -0.113. The number of benzene rings is 2. The van der Waals surface area contributed by atoms with Crippen LogP contribution < -0.4 is 20.7 Å². The van der Waals surface area contributed by atoms with E-state index in [0.717, 1.165) is 0 Å². The van der Waals surface area contributed by atoms with Gasteiger partial charge in [0.15, 0.2) is 0 Å². The molecule has 3 amide bonds. The highest BCUT2D eigenvalue weighted by atomic mass is 79.9. The molecule has 0 unspecified atom stereocenters. The number of nitrogens with one attached hydrogen (secondary N) is 3. The van der Waals surface area contributed by atoms with Crippen LogP contribution in [0.3, 0.4) is 0 Å². The molecule has 0 bridgehead atoms. The number of alkyl carbamates (subject to hydrolysis) is 1. The van der Waals surface area contributed by atoms with Crippen molar-refractivity contribution in [2.75, 3.05) is 17.8 Å². The van der Waals surface area contributed by atoms with Gasteiger partial charge in [0.25, 0.3) is 5.91 Å². The Kier molecular flexibility index (Phi) is 13.3. The van der Waals surface area contributed by atoms with Gasteiger partial charge in [0, 0.05) is 5.56 Å². The number of ether oxygens (including phenoxy) is 2. The summed E-state index contributed by atoms with van der Waals surface area (Å²) in [6, 6.07) is 9.98. The highest BCUT2D eigenvalue weighted by Gasteiger charge is 2.22.